The molecular formula is C22H23ClN2O5S. The van der Waals surface area contributed by atoms with Crippen molar-refractivity contribution in [1.29, 1.82) is 0 Å². The number of carbonyl (C=O) groups is 1. The molecule has 0 radical (unpaired) electrons. The van der Waals surface area contributed by atoms with Crippen molar-refractivity contribution in [2.45, 2.75) is 25.7 Å². The Hall–Kier alpha value is -2.81. The van der Waals surface area contributed by atoms with Gasteiger partial charge in [0.25, 0.3) is 5.91 Å². The Labute approximate surface area is 186 Å². The fourth-order valence-electron chi connectivity index (χ4n) is 3.01. The molecule has 0 bridgehead atoms. The van der Waals surface area contributed by atoms with E-state index in [4.69, 9.17) is 20.8 Å². The molecule has 0 atom stereocenters. The van der Waals surface area contributed by atoms with Gasteiger partial charge in [-0.05, 0) is 55.5 Å². The average molecular weight is 463 g/mol. The van der Waals surface area contributed by atoms with Crippen LogP contribution in [0.3, 0.4) is 0 Å². The van der Waals surface area contributed by atoms with Crippen molar-refractivity contribution in [3.63, 3.8) is 0 Å². The first-order chi connectivity index (χ1) is 14.8. The van der Waals surface area contributed by atoms with E-state index in [2.05, 4.69) is 5.32 Å². The van der Waals surface area contributed by atoms with E-state index in [1.807, 2.05) is 0 Å². The molecule has 3 rings (SSSR count). The molecule has 1 amide bonds. The van der Waals surface area contributed by atoms with Crippen LogP contribution < -0.4 is 10.1 Å². The van der Waals surface area contributed by atoms with Crippen molar-refractivity contribution in [3.05, 3.63) is 71.1 Å². The van der Waals surface area contributed by atoms with Crippen molar-refractivity contribution in [3.8, 4) is 11.5 Å². The first-order valence-electron chi connectivity index (χ1n) is 9.69. The lowest BCUT2D eigenvalue weighted by molar-refractivity contribution is 0.102. The Balaban J connectivity index is 2.02. The monoisotopic (exact) mass is 462 g/mol. The van der Waals surface area contributed by atoms with Gasteiger partial charge in [0.2, 0.25) is 10.0 Å². The molecule has 0 aliphatic rings. The van der Waals surface area contributed by atoms with Gasteiger partial charge in [-0.15, -0.1) is 0 Å². The number of rotatable bonds is 8. The second-order valence-corrected chi connectivity index (χ2v) is 9.02. The van der Waals surface area contributed by atoms with E-state index in [0.717, 1.165) is 0 Å². The minimum Gasteiger partial charge on any atom is -0.469 e. The zero-order chi connectivity index (χ0) is 22.6. The minimum atomic E-state index is -3.73. The molecule has 1 aromatic heterocycles. The lowest BCUT2D eigenvalue weighted by Gasteiger charge is -2.20. The first kappa shape index (κ1) is 22.9. The number of nitrogens with zero attached hydrogens (tertiary/aromatic N) is 1. The third kappa shape index (κ3) is 5.10. The lowest BCUT2D eigenvalue weighted by Crippen LogP contribution is -2.30. The van der Waals surface area contributed by atoms with Gasteiger partial charge in [0.1, 0.15) is 11.5 Å². The molecule has 0 aliphatic heterocycles. The molecule has 0 fully saturated rings. The molecule has 9 heteroatoms. The number of nitrogens with one attached hydrogen (secondary N) is 1. The third-order valence-corrected chi connectivity index (χ3v) is 6.99. The van der Waals surface area contributed by atoms with Gasteiger partial charge in [-0.25, -0.2) is 8.42 Å². The number of benzene rings is 2. The van der Waals surface area contributed by atoms with Gasteiger partial charge in [0, 0.05) is 18.1 Å². The van der Waals surface area contributed by atoms with E-state index >= 15 is 0 Å². The van der Waals surface area contributed by atoms with Gasteiger partial charge >= 0.3 is 0 Å². The molecule has 164 valence electrons. The molecular weight excluding hydrogens is 440 g/mol. The summed E-state index contributed by atoms with van der Waals surface area (Å²) in [5, 5.41) is 3.29. The van der Waals surface area contributed by atoms with Crippen LogP contribution in [0.1, 0.15) is 30.0 Å². The summed E-state index contributed by atoms with van der Waals surface area (Å²) < 4.78 is 38.4. The molecule has 31 heavy (non-hydrogen) atoms. The van der Waals surface area contributed by atoms with Crippen LogP contribution in [0.15, 0.2) is 64.1 Å². The smallest absolute Gasteiger partial charge is 0.259 e. The summed E-state index contributed by atoms with van der Waals surface area (Å²) in [4.78, 5) is 12.8. The summed E-state index contributed by atoms with van der Waals surface area (Å²) in [6, 6.07) is 12.6. The maximum Gasteiger partial charge on any atom is 0.259 e. The highest BCUT2D eigenvalue weighted by molar-refractivity contribution is 7.89. The fraction of sp³-hybridized carbons (Fsp3) is 0.227. The second-order valence-electron chi connectivity index (χ2n) is 6.65. The summed E-state index contributed by atoms with van der Waals surface area (Å²) in [6.45, 7) is 5.86. The van der Waals surface area contributed by atoms with Crippen LogP contribution in [0, 0.1) is 6.92 Å². The van der Waals surface area contributed by atoms with Crippen LogP contribution in [0.5, 0.6) is 11.5 Å². The SMILES string of the molecule is CCN(CC)S(=O)(=O)c1ccc(Oc2ccc(Cl)cc2)c(NC(=O)c2ccoc2C)c1. The van der Waals surface area contributed by atoms with E-state index in [-0.39, 0.29) is 16.3 Å². The molecule has 1 N–H and O–H groups in total. The molecule has 3 aromatic rings. The predicted octanol–water partition coefficient (Wildman–Crippen LogP) is 5.32. The van der Waals surface area contributed by atoms with Gasteiger partial charge in [0.15, 0.2) is 5.75 Å². The topological polar surface area (TPSA) is 88.9 Å². The van der Waals surface area contributed by atoms with E-state index in [1.54, 1.807) is 51.1 Å². The molecule has 0 saturated heterocycles. The maximum atomic E-state index is 13.0. The van der Waals surface area contributed by atoms with Crippen LogP contribution in [0.25, 0.3) is 0 Å². The van der Waals surface area contributed by atoms with Gasteiger partial charge in [-0.1, -0.05) is 25.4 Å². The van der Waals surface area contributed by atoms with E-state index in [9.17, 15) is 13.2 Å². The maximum absolute atomic E-state index is 13.0. The number of furan rings is 1. The Morgan fingerprint density at radius 1 is 1.10 bits per heavy atom. The van der Waals surface area contributed by atoms with Crippen LogP contribution in [-0.4, -0.2) is 31.7 Å². The van der Waals surface area contributed by atoms with Crippen LogP contribution >= 0.6 is 11.6 Å². The van der Waals surface area contributed by atoms with E-state index < -0.39 is 15.9 Å². The van der Waals surface area contributed by atoms with Crippen molar-refractivity contribution in [1.82, 2.24) is 4.31 Å². The lowest BCUT2D eigenvalue weighted by atomic mass is 10.2. The quantitative estimate of drug-likeness (QED) is 0.489. The number of hydrogen-bond donors (Lipinski definition) is 1. The Bertz CT molecular complexity index is 1170. The van der Waals surface area contributed by atoms with Gasteiger partial charge in [-0.2, -0.15) is 4.31 Å². The van der Waals surface area contributed by atoms with E-state index in [1.165, 1.54) is 28.8 Å². The number of amides is 1. The Morgan fingerprint density at radius 2 is 1.77 bits per heavy atom. The predicted molar refractivity (Wildman–Crippen MR) is 119 cm³/mol. The summed E-state index contributed by atoms with van der Waals surface area (Å²) in [5.41, 5.74) is 0.559. The van der Waals surface area contributed by atoms with Crippen LogP contribution in [0.2, 0.25) is 5.02 Å². The summed E-state index contributed by atoms with van der Waals surface area (Å²) in [6.07, 6.45) is 1.41. The molecule has 0 spiro atoms. The standard InChI is InChI=1S/C22H23ClN2O5S/c1-4-25(5-2)31(27,28)18-10-11-21(30-17-8-6-16(23)7-9-17)20(14-18)24-22(26)19-12-13-29-15(19)3/h6-14H,4-5H2,1-3H3,(H,24,26). The number of carbonyl (C=O) groups excluding carboxylic acids is 1. The molecule has 0 unspecified atom stereocenters. The summed E-state index contributed by atoms with van der Waals surface area (Å²) in [7, 11) is -3.73. The number of ether oxygens (including phenoxy) is 1. The number of anilines is 1. The highest BCUT2D eigenvalue weighted by Gasteiger charge is 2.24. The fourth-order valence-corrected chi connectivity index (χ4v) is 4.62. The van der Waals surface area contributed by atoms with Gasteiger partial charge in [-0.3, -0.25) is 4.79 Å². The van der Waals surface area contributed by atoms with Crippen molar-refractivity contribution in [2.24, 2.45) is 0 Å². The second kappa shape index (κ2) is 9.55. The molecule has 2 aromatic carbocycles. The van der Waals surface area contributed by atoms with Crippen LogP contribution in [0.4, 0.5) is 5.69 Å². The molecule has 0 aliphatic carbocycles. The summed E-state index contributed by atoms with van der Waals surface area (Å²) >= 11 is 5.92. The summed E-state index contributed by atoms with van der Waals surface area (Å²) in [5.74, 6) is 0.781. The average Bonchev–Trinajstić information content (AvgIpc) is 3.17. The Kier molecular flexibility index (Phi) is 7.04. The van der Waals surface area contributed by atoms with Crippen molar-refractivity contribution in [2.75, 3.05) is 18.4 Å². The van der Waals surface area contributed by atoms with Gasteiger partial charge in [0.05, 0.1) is 22.4 Å². The molecule has 0 saturated carbocycles. The van der Waals surface area contributed by atoms with Crippen molar-refractivity contribution >= 4 is 33.2 Å². The minimum absolute atomic E-state index is 0.0545. The number of hydrogen-bond acceptors (Lipinski definition) is 5. The molecule has 7 nitrogen and oxygen atoms in total. The molecule has 1 heterocycles. The normalized spacial score (nSPS) is 11.5. The number of sulfonamides is 1. The third-order valence-electron chi connectivity index (χ3n) is 4.69. The number of halogens is 1. The van der Waals surface area contributed by atoms with Crippen molar-refractivity contribution < 1.29 is 22.4 Å². The zero-order valence-electron chi connectivity index (χ0n) is 17.4. The van der Waals surface area contributed by atoms with Crippen LogP contribution in [-0.2, 0) is 10.0 Å². The Morgan fingerprint density at radius 3 is 2.35 bits per heavy atom. The first-order valence-corrected chi connectivity index (χ1v) is 11.5. The zero-order valence-corrected chi connectivity index (χ0v) is 19.0. The highest BCUT2D eigenvalue weighted by Crippen LogP contribution is 2.33. The number of aryl methyl sites for hydroxylation is 1. The largest absolute Gasteiger partial charge is 0.469 e. The van der Waals surface area contributed by atoms with Gasteiger partial charge < -0.3 is 14.5 Å². The van der Waals surface area contributed by atoms with E-state index in [0.29, 0.717) is 35.2 Å². The highest BCUT2D eigenvalue weighted by atomic mass is 35.5.